The Labute approximate surface area is 105 Å². The third-order valence-electron chi connectivity index (χ3n) is 2.17. The van der Waals surface area contributed by atoms with E-state index in [1.165, 1.54) is 18.4 Å². The second-order valence-electron chi connectivity index (χ2n) is 3.18. The van der Waals surface area contributed by atoms with Gasteiger partial charge in [0.25, 0.3) is 0 Å². The Hall–Kier alpha value is -0.840. The summed E-state index contributed by atoms with van der Waals surface area (Å²) in [5.74, 6) is -0.270. The number of aliphatic hydroxyl groups excluding tert-OH is 1. The zero-order valence-electron chi connectivity index (χ0n) is 7.95. The van der Waals surface area contributed by atoms with Gasteiger partial charge in [0.1, 0.15) is 11.9 Å². The first kappa shape index (κ1) is 11.6. The molecule has 2 aromatic rings. The predicted octanol–water partition coefficient (Wildman–Crippen LogP) is 3.92. The zero-order chi connectivity index (χ0) is 11.7. The number of benzene rings is 1. The van der Waals surface area contributed by atoms with Gasteiger partial charge in [-0.2, -0.15) is 0 Å². The molecular weight excluding hydrogens is 298 g/mol. The first-order valence-electron chi connectivity index (χ1n) is 4.46. The molecule has 1 aromatic heterocycles. The average Bonchev–Trinajstić information content (AvgIpc) is 2.68. The lowest BCUT2D eigenvalue weighted by Gasteiger charge is -2.11. The van der Waals surface area contributed by atoms with E-state index >= 15 is 0 Å². The van der Waals surface area contributed by atoms with Crippen molar-refractivity contribution in [2.24, 2.45) is 0 Å². The normalized spacial score (nSPS) is 12.8. The van der Waals surface area contributed by atoms with Gasteiger partial charge in [0.15, 0.2) is 5.76 Å². The minimum absolute atomic E-state index is 0.0988. The van der Waals surface area contributed by atoms with Gasteiger partial charge in [-0.05, 0) is 28.1 Å². The standard InChI is InChI=1S/C11H7BrClFO2/c12-7-4-5-16-11(7)10(15)6-2-1-3-8(14)9(6)13/h1-5,10,15H. The van der Waals surface area contributed by atoms with Crippen LogP contribution in [0.15, 0.2) is 39.4 Å². The lowest BCUT2D eigenvalue weighted by Crippen LogP contribution is -2.00. The van der Waals surface area contributed by atoms with Crippen molar-refractivity contribution in [3.63, 3.8) is 0 Å². The first-order valence-corrected chi connectivity index (χ1v) is 5.63. The van der Waals surface area contributed by atoms with Crippen LogP contribution in [0.2, 0.25) is 5.02 Å². The van der Waals surface area contributed by atoms with E-state index in [2.05, 4.69) is 15.9 Å². The van der Waals surface area contributed by atoms with Crippen molar-refractivity contribution < 1.29 is 13.9 Å². The summed E-state index contributed by atoms with van der Waals surface area (Å²) in [5, 5.41) is 9.89. The Morgan fingerprint density at radius 3 is 2.75 bits per heavy atom. The Bertz CT molecular complexity index is 512. The third-order valence-corrected chi connectivity index (χ3v) is 3.22. The number of hydrogen-bond acceptors (Lipinski definition) is 2. The molecule has 0 amide bonds. The molecule has 1 atom stereocenters. The molecule has 1 unspecified atom stereocenters. The maximum Gasteiger partial charge on any atom is 0.151 e. The minimum Gasteiger partial charge on any atom is -0.465 e. The van der Waals surface area contributed by atoms with Crippen LogP contribution in [0.5, 0.6) is 0 Å². The van der Waals surface area contributed by atoms with Crippen molar-refractivity contribution in [2.45, 2.75) is 6.10 Å². The number of halogens is 3. The molecule has 2 nitrogen and oxygen atoms in total. The topological polar surface area (TPSA) is 33.4 Å². The molecule has 0 bridgehead atoms. The van der Waals surface area contributed by atoms with Crippen LogP contribution in [0.4, 0.5) is 4.39 Å². The van der Waals surface area contributed by atoms with Gasteiger partial charge >= 0.3 is 0 Å². The predicted molar refractivity (Wildman–Crippen MR) is 61.9 cm³/mol. The fraction of sp³-hybridized carbons (Fsp3) is 0.0909. The van der Waals surface area contributed by atoms with Gasteiger partial charge in [-0.3, -0.25) is 0 Å². The van der Waals surface area contributed by atoms with E-state index in [4.69, 9.17) is 16.0 Å². The van der Waals surface area contributed by atoms with Gasteiger partial charge in [0.2, 0.25) is 0 Å². The molecule has 5 heteroatoms. The van der Waals surface area contributed by atoms with E-state index < -0.39 is 11.9 Å². The average molecular weight is 306 g/mol. The molecule has 1 aromatic carbocycles. The van der Waals surface area contributed by atoms with E-state index in [0.717, 1.165) is 0 Å². The summed E-state index contributed by atoms with van der Waals surface area (Å²) in [6.45, 7) is 0. The van der Waals surface area contributed by atoms with Crippen LogP contribution in [-0.4, -0.2) is 5.11 Å². The number of furan rings is 1. The van der Waals surface area contributed by atoms with Crippen LogP contribution in [0, 0.1) is 5.82 Å². The number of hydrogen-bond donors (Lipinski definition) is 1. The molecule has 0 aliphatic carbocycles. The van der Waals surface area contributed by atoms with Crippen LogP contribution in [0.3, 0.4) is 0 Å². The molecule has 0 spiro atoms. The lowest BCUT2D eigenvalue weighted by molar-refractivity contribution is 0.188. The Kier molecular flexibility index (Phi) is 3.33. The van der Waals surface area contributed by atoms with Gasteiger partial charge in [0, 0.05) is 5.56 Å². The zero-order valence-corrected chi connectivity index (χ0v) is 10.3. The molecule has 1 N–H and O–H groups in total. The molecule has 84 valence electrons. The van der Waals surface area contributed by atoms with E-state index in [0.29, 0.717) is 10.2 Å². The molecule has 2 rings (SSSR count). The summed E-state index contributed by atoms with van der Waals surface area (Å²) in [6, 6.07) is 5.91. The number of aliphatic hydroxyl groups is 1. The van der Waals surface area contributed by atoms with Crippen molar-refractivity contribution >= 4 is 27.5 Å². The molecule has 16 heavy (non-hydrogen) atoms. The summed E-state index contributed by atoms with van der Waals surface area (Å²) >= 11 is 8.98. The Balaban J connectivity index is 2.46. The highest BCUT2D eigenvalue weighted by atomic mass is 79.9. The van der Waals surface area contributed by atoms with Crippen molar-refractivity contribution in [2.75, 3.05) is 0 Å². The van der Waals surface area contributed by atoms with E-state index in [1.54, 1.807) is 12.1 Å². The SMILES string of the molecule is OC(c1cccc(F)c1Cl)c1occc1Br. The fourth-order valence-electron chi connectivity index (χ4n) is 1.37. The molecule has 0 saturated heterocycles. The van der Waals surface area contributed by atoms with Crippen LogP contribution in [0.1, 0.15) is 17.4 Å². The Morgan fingerprint density at radius 1 is 1.38 bits per heavy atom. The molecule has 0 aliphatic rings. The van der Waals surface area contributed by atoms with Crippen molar-refractivity contribution in [1.29, 1.82) is 0 Å². The van der Waals surface area contributed by atoms with Crippen molar-refractivity contribution in [3.05, 3.63) is 57.2 Å². The van der Waals surface area contributed by atoms with Gasteiger partial charge in [-0.1, -0.05) is 23.7 Å². The second kappa shape index (κ2) is 4.57. The van der Waals surface area contributed by atoms with E-state index in [1.807, 2.05) is 0 Å². The van der Waals surface area contributed by atoms with Crippen LogP contribution in [-0.2, 0) is 0 Å². The van der Waals surface area contributed by atoms with Crippen LogP contribution < -0.4 is 0 Å². The van der Waals surface area contributed by atoms with Gasteiger partial charge < -0.3 is 9.52 Å². The highest BCUT2D eigenvalue weighted by molar-refractivity contribution is 9.10. The largest absolute Gasteiger partial charge is 0.465 e. The van der Waals surface area contributed by atoms with Gasteiger partial charge in [-0.15, -0.1) is 0 Å². The molecule has 0 saturated carbocycles. The summed E-state index contributed by atoms with van der Waals surface area (Å²) < 4.78 is 18.9. The molecular formula is C11H7BrClFO2. The molecule has 1 heterocycles. The summed E-state index contributed by atoms with van der Waals surface area (Å²) in [5.41, 5.74) is 0.275. The fourth-order valence-corrected chi connectivity index (χ4v) is 2.02. The monoisotopic (exact) mass is 304 g/mol. The first-order chi connectivity index (χ1) is 7.61. The highest BCUT2D eigenvalue weighted by Crippen LogP contribution is 2.33. The maximum absolute atomic E-state index is 13.2. The molecule has 0 aliphatic heterocycles. The Morgan fingerprint density at radius 2 is 2.12 bits per heavy atom. The number of rotatable bonds is 2. The lowest BCUT2D eigenvalue weighted by atomic mass is 10.1. The van der Waals surface area contributed by atoms with E-state index in [-0.39, 0.29) is 10.6 Å². The molecule has 0 fully saturated rings. The van der Waals surface area contributed by atoms with Crippen molar-refractivity contribution in [1.82, 2.24) is 0 Å². The van der Waals surface area contributed by atoms with Crippen LogP contribution >= 0.6 is 27.5 Å². The summed E-state index contributed by atoms with van der Waals surface area (Å²) in [7, 11) is 0. The van der Waals surface area contributed by atoms with Crippen molar-refractivity contribution in [3.8, 4) is 0 Å². The van der Waals surface area contributed by atoms with Gasteiger partial charge in [0.05, 0.1) is 15.8 Å². The van der Waals surface area contributed by atoms with E-state index in [9.17, 15) is 9.50 Å². The van der Waals surface area contributed by atoms with Crippen LogP contribution in [0.25, 0.3) is 0 Å². The second-order valence-corrected chi connectivity index (χ2v) is 4.41. The highest BCUT2D eigenvalue weighted by Gasteiger charge is 2.20. The third kappa shape index (κ3) is 2.00. The summed E-state index contributed by atoms with van der Waals surface area (Å²) in [4.78, 5) is 0. The smallest absolute Gasteiger partial charge is 0.151 e. The van der Waals surface area contributed by atoms with Gasteiger partial charge in [-0.25, -0.2) is 4.39 Å². The minimum atomic E-state index is -1.09. The molecule has 0 radical (unpaired) electrons. The summed E-state index contributed by atoms with van der Waals surface area (Å²) in [6.07, 6.45) is 0.336. The quantitative estimate of drug-likeness (QED) is 0.912. The maximum atomic E-state index is 13.2.